The normalized spacial score (nSPS) is 19.4. The molecule has 1 N–H and O–H groups in total. The maximum Gasteiger partial charge on any atom is 0.418 e. The van der Waals surface area contributed by atoms with E-state index in [2.05, 4.69) is 5.32 Å². The Labute approximate surface area is 126 Å². The summed E-state index contributed by atoms with van der Waals surface area (Å²) in [5.41, 5.74) is -1.11. The maximum atomic E-state index is 13.1. The van der Waals surface area contributed by atoms with Gasteiger partial charge in [0.15, 0.2) is 0 Å². The third-order valence-electron chi connectivity index (χ3n) is 3.41. The molecule has 1 aliphatic heterocycles. The lowest BCUT2D eigenvalue weighted by Crippen LogP contribution is -2.39. The van der Waals surface area contributed by atoms with Gasteiger partial charge in [-0.05, 0) is 31.5 Å². The van der Waals surface area contributed by atoms with Crippen LogP contribution >= 0.6 is 11.6 Å². The van der Waals surface area contributed by atoms with Gasteiger partial charge in [-0.15, -0.1) is 0 Å². The van der Waals surface area contributed by atoms with Crippen molar-refractivity contribution < 1.29 is 18.0 Å². The standard InChI is InChI=1S/C14H16ClF3N2O/c1-2-7-19-11-6-8-20(13(11)21)12-9(14(16,17)18)4-3-5-10(12)15/h3-5,11,19H,2,6-8H2,1H3. The molecule has 0 bridgehead atoms. The molecule has 1 atom stereocenters. The van der Waals surface area contributed by atoms with Crippen molar-refractivity contribution >= 4 is 23.2 Å². The number of alkyl halides is 3. The molecule has 1 heterocycles. The SMILES string of the molecule is CCCNC1CCN(c2c(Cl)cccc2C(F)(F)F)C1=O. The highest BCUT2D eigenvalue weighted by Gasteiger charge is 2.40. The van der Waals surface area contributed by atoms with Crippen LogP contribution < -0.4 is 10.2 Å². The zero-order valence-corrected chi connectivity index (χ0v) is 12.3. The van der Waals surface area contributed by atoms with Crippen LogP contribution in [0.15, 0.2) is 18.2 Å². The minimum atomic E-state index is -4.55. The Kier molecular flexibility index (Phi) is 4.78. The largest absolute Gasteiger partial charge is 0.418 e. The second-order valence-electron chi connectivity index (χ2n) is 4.92. The van der Waals surface area contributed by atoms with Crippen LogP contribution in [-0.4, -0.2) is 25.0 Å². The van der Waals surface area contributed by atoms with Gasteiger partial charge in [0.05, 0.1) is 22.3 Å². The number of rotatable bonds is 4. The van der Waals surface area contributed by atoms with Gasteiger partial charge in [0.1, 0.15) is 0 Å². The fraction of sp³-hybridized carbons (Fsp3) is 0.500. The quantitative estimate of drug-likeness (QED) is 0.921. The molecule has 116 valence electrons. The van der Waals surface area contributed by atoms with Crippen LogP contribution in [0.1, 0.15) is 25.3 Å². The number of halogens is 4. The molecule has 1 aliphatic rings. The lowest BCUT2D eigenvalue weighted by Gasteiger charge is -2.23. The number of nitrogens with one attached hydrogen (secondary N) is 1. The summed E-state index contributed by atoms with van der Waals surface area (Å²) < 4.78 is 39.3. The van der Waals surface area contributed by atoms with E-state index in [0.29, 0.717) is 13.0 Å². The zero-order valence-electron chi connectivity index (χ0n) is 11.5. The van der Waals surface area contributed by atoms with E-state index in [9.17, 15) is 18.0 Å². The maximum absolute atomic E-state index is 13.1. The molecular weight excluding hydrogens is 305 g/mol. The van der Waals surface area contributed by atoms with Crippen LogP contribution in [-0.2, 0) is 11.0 Å². The average Bonchev–Trinajstić information content (AvgIpc) is 2.76. The first-order valence-electron chi connectivity index (χ1n) is 6.76. The molecule has 1 aromatic rings. The molecule has 0 spiro atoms. The van der Waals surface area contributed by atoms with E-state index in [4.69, 9.17) is 11.6 Å². The Morgan fingerprint density at radius 3 is 2.76 bits per heavy atom. The average molecular weight is 321 g/mol. The molecule has 1 unspecified atom stereocenters. The summed E-state index contributed by atoms with van der Waals surface area (Å²) in [7, 11) is 0. The summed E-state index contributed by atoms with van der Waals surface area (Å²) in [6.45, 7) is 2.84. The Morgan fingerprint density at radius 1 is 1.43 bits per heavy atom. The number of carbonyl (C=O) groups is 1. The first kappa shape index (κ1) is 16.1. The van der Waals surface area contributed by atoms with Crippen LogP contribution in [0.2, 0.25) is 5.02 Å². The molecule has 0 aromatic heterocycles. The predicted octanol–water partition coefficient (Wildman–Crippen LogP) is 3.46. The van der Waals surface area contributed by atoms with Gasteiger partial charge < -0.3 is 10.2 Å². The van der Waals surface area contributed by atoms with Crippen LogP contribution in [0.5, 0.6) is 0 Å². The number of carbonyl (C=O) groups excluding carboxylic acids is 1. The lowest BCUT2D eigenvalue weighted by molar-refractivity contribution is -0.137. The number of benzene rings is 1. The number of hydrogen-bond donors (Lipinski definition) is 1. The second kappa shape index (κ2) is 6.23. The summed E-state index contributed by atoms with van der Waals surface area (Å²) in [4.78, 5) is 13.4. The highest BCUT2D eigenvalue weighted by atomic mass is 35.5. The molecule has 3 nitrogen and oxygen atoms in total. The highest BCUT2D eigenvalue weighted by molar-refractivity contribution is 6.34. The number of hydrogen-bond acceptors (Lipinski definition) is 2. The zero-order chi connectivity index (χ0) is 15.6. The number of anilines is 1. The van der Waals surface area contributed by atoms with Crippen molar-refractivity contribution in [1.29, 1.82) is 0 Å². The first-order chi connectivity index (χ1) is 9.86. The highest BCUT2D eigenvalue weighted by Crippen LogP contribution is 2.41. The molecule has 2 rings (SSSR count). The van der Waals surface area contributed by atoms with Crippen LogP contribution in [0.3, 0.4) is 0 Å². The molecule has 1 fully saturated rings. The lowest BCUT2D eigenvalue weighted by atomic mass is 10.1. The van der Waals surface area contributed by atoms with E-state index in [-0.39, 0.29) is 23.2 Å². The summed E-state index contributed by atoms with van der Waals surface area (Å²) in [6.07, 6.45) is -3.22. The van der Waals surface area contributed by atoms with Crippen molar-refractivity contribution in [3.8, 4) is 0 Å². The molecule has 0 saturated carbocycles. The van der Waals surface area contributed by atoms with E-state index >= 15 is 0 Å². The Morgan fingerprint density at radius 2 is 2.14 bits per heavy atom. The van der Waals surface area contributed by atoms with Crippen molar-refractivity contribution in [2.24, 2.45) is 0 Å². The van der Waals surface area contributed by atoms with E-state index in [1.807, 2.05) is 6.92 Å². The summed E-state index contributed by atoms with van der Waals surface area (Å²) in [5.74, 6) is -0.359. The van der Waals surface area contributed by atoms with Gasteiger partial charge in [-0.25, -0.2) is 0 Å². The molecule has 0 radical (unpaired) electrons. The van der Waals surface area contributed by atoms with Crippen molar-refractivity contribution in [3.05, 3.63) is 28.8 Å². The van der Waals surface area contributed by atoms with Gasteiger partial charge in [0.25, 0.3) is 0 Å². The summed E-state index contributed by atoms with van der Waals surface area (Å²) in [6, 6.07) is 3.11. The van der Waals surface area contributed by atoms with Gasteiger partial charge >= 0.3 is 6.18 Å². The molecule has 1 aromatic carbocycles. The van der Waals surface area contributed by atoms with E-state index in [1.54, 1.807) is 0 Å². The predicted molar refractivity (Wildman–Crippen MR) is 75.5 cm³/mol. The molecule has 1 saturated heterocycles. The number of nitrogens with zero attached hydrogens (tertiary/aromatic N) is 1. The van der Waals surface area contributed by atoms with E-state index < -0.39 is 17.8 Å². The molecule has 21 heavy (non-hydrogen) atoms. The molecule has 0 aliphatic carbocycles. The van der Waals surface area contributed by atoms with E-state index in [0.717, 1.165) is 17.4 Å². The van der Waals surface area contributed by atoms with Gasteiger partial charge in [-0.2, -0.15) is 13.2 Å². The fourth-order valence-electron chi connectivity index (χ4n) is 2.43. The van der Waals surface area contributed by atoms with E-state index in [1.165, 1.54) is 12.1 Å². The van der Waals surface area contributed by atoms with Crippen LogP contribution in [0.4, 0.5) is 18.9 Å². The van der Waals surface area contributed by atoms with Crippen LogP contribution in [0, 0.1) is 0 Å². The third-order valence-corrected chi connectivity index (χ3v) is 3.71. The van der Waals surface area contributed by atoms with Crippen molar-refractivity contribution in [2.75, 3.05) is 18.0 Å². The van der Waals surface area contributed by atoms with Crippen molar-refractivity contribution in [3.63, 3.8) is 0 Å². The molecular formula is C14H16ClF3N2O. The molecule has 1 amide bonds. The monoisotopic (exact) mass is 320 g/mol. The topological polar surface area (TPSA) is 32.3 Å². The van der Waals surface area contributed by atoms with Crippen LogP contribution in [0.25, 0.3) is 0 Å². The van der Waals surface area contributed by atoms with Gasteiger partial charge in [0, 0.05) is 6.54 Å². The van der Waals surface area contributed by atoms with Crippen molar-refractivity contribution in [1.82, 2.24) is 5.32 Å². The second-order valence-corrected chi connectivity index (χ2v) is 5.33. The van der Waals surface area contributed by atoms with Crippen molar-refractivity contribution in [2.45, 2.75) is 32.0 Å². The smallest absolute Gasteiger partial charge is 0.309 e. The Hall–Kier alpha value is -1.27. The minimum absolute atomic E-state index is 0.0608. The van der Waals surface area contributed by atoms with Gasteiger partial charge in [-0.3, -0.25) is 4.79 Å². The third kappa shape index (κ3) is 3.32. The number of para-hydroxylation sites is 1. The van der Waals surface area contributed by atoms with Gasteiger partial charge in [-0.1, -0.05) is 24.6 Å². The summed E-state index contributed by atoms with van der Waals surface area (Å²) in [5, 5.41) is 2.98. The fourth-order valence-corrected chi connectivity index (χ4v) is 2.70. The Balaban J connectivity index is 2.33. The molecule has 7 heteroatoms. The number of amides is 1. The van der Waals surface area contributed by atoms with Gasteiger partial charge in [0.2, 0.25) is 5.91 Å². The Bertz CT molecular complexity index is 533. The summed E-state index contributed by atoms with van der Waals surface area (Å²) >= 11 is 5.92. The first-order valence-corrected chi connectivity index (χ1v) is 7.14. The minimum Gasteiger partial charge on any atom is -0.309 e.